The highest BCUT2D eigenvalue weighted by Gasteiger charge is 2.94. The van der Waals surface area contributed by atoms with Crippen molar-refractivity contribution in [3.05, 3.63) is 71.8 Å². The first-order valence-corrected chi connectivity index (χ1v) is 8.54. The van der Waals surface area contributed by atoms with Crippen LogP contribution in [0.15, 0.2) is 70.9 Å². The first kappa shape index (κ1) is 16.0. The van der Waals surface area contributed by atoms with Gasteiger partial charge in [0.2, 0.25) is 0 Å². The molecule has 2 atom stereocenters. The molecule has 2 unspecified atom stereocenters. The number of hydrogen-bond acceptors (Lipinski definition) is 4. The molecule has 1 saturated carbocycles. The van der Waals surface area contributed by atoms with Gasteiger partial charge in [-0.3, -0.25) is 0 Å². The summed E-state index contributed by atoms with van der Waals surface area (Å²) in [5, 5.41) is 9.37. The number of hydrogen-bond donors (Lipinski definition) is 0. The Morgan fingerprint density at radius 1 is 0.840 bits per heavy atom. The SMILES string of the molecule is COC(=O)C12N=NC(c3ccccc3)(c3ccccc3)C1(C)C2(C)C. The molecule has 4 nitrogen and oxygen atoms in total. The molecule has 2 aromatic carbocycles. The van der Waals surface area contributed by atoms with Crippen LogP contribution in [0.5, 0.6) is 0 Å². The van der Waals surface area contributed by atoms with Crippen LogP contribution in [0, 0.1) is 10.8 Å². The van der Waals surface area contributed by atoms with Crippen LogP contribution >= 0.6 is 0 Å². The Morgan fingerprint density at radius 2 is 1.32 bits per heavy atom. The number of ether oxygens (including phenoxy) is 1. The molecule has 2 aliphatic rings. The van der Waals surface area contributed by atoms with Crippen LogP contribution in [-0.2, 0) is 15.1 Å². The fourth-order valence-corrected chi connectivity index (χ4v) is 5.12. The Hall–Kier alpha value is -2.49. The fourth-order valence-electron chi connectivity index (χ4n) is 5.12. The maximum Gasteiger partial charge on any atom is 0.337 e. The van der Waals surface area contributed by atoms with E-state index in [1.807, 2.05) is 36.4 Å². The minimum atomic E-state index is -0.958. The summed E-state index contributed by atoms with van der Waals surface area (Å²) in [6.07, 6.45) is 0. The number of carbonyl (C=O) groups excluding carboxylic acids is 1. The molecule has 0 radical (unpaired) electrons. The van der Waals surface area contributed by atoms with Crippen molar-refractivity contribution in [1.82, 2.24) is 0 Å². The van der Waals surface area contributed by atoms with E-state index in [4.69, 9.17) is 9.85 Å². The van der Waals surface area contributed by atoms with E-state index in [0.717, 1.165) is 11.1 Å². The van der Waals surface area contributed by atoms with Crippen molar-refractivity contribution in [2.45, 2.75) is 31.8 Å². The van der Waals surface area contributed by atoms with Crippen molar-refractivity contribution < 1.29 is 9.53 Å². The largest absolute Gasteiger partial charge is 0.467 e. The molecular weight excluding hydrogens is 312 g/mol. The third-order valence-electron chi connectivity index (χ3n) is 6.75. The first-order chi connectivity index (χ1) is 11.9. The second-order valence-corrected chi connectivity index (χ2v) is 7.59. The van der Waals surface area contributed by atoms with Gasteiger partial charge in [-0.2, -0.15) is 10.2 Å². The highest BCUT2D eigenvalue weighted by Crippen LogP contribution is 2.84. The molecule has 4 heteroatoms. The minimum Gasteiger partial charge on any atom is -0.467 e. The molecule has 1 fully saturated rings. The molecule has 0 saturated heterocycles. The van der Waals surface area contributed by atoms with Gasteiger partial charge in [-0.25, -0.2) is 4.79 Å². The summed E-state index contributed by atoms with van der Waals surface area (Å²) < 4.78 is 5.15. The molecule has 1 aliphatic carbocycles. The lowest BCUT2D eigenvalue weighted by atomic mass is 9.68. The van der Waals surface area contributed by atoms with E-state index in [1.54, 1.807) is 0 Å². The Balaban J connectivity index is 2.03. The van der Waals surface area contributed by atoms with Crippen LogP contribution in [0.1, 0.15) is 31.9 Å². The number of carbonyl (C=O) groups is 1. The number of methoxy groups -OCH3 is 1. The van der Waals surface area contributed by atoms with Crippen molar-refractivity contribution in [3.8, 4) is 0 Å². The maximum absolute atomic E-state index is 12.8. The van der Waals surface area contributed by atoms with Crippen molar-refractivity contribution in [1.29, 1.82) is 0 Å². The Labute approximate surface area is 147 Å². The zero-order chi connectivity index (χ0) is 17.9. The molecule has 0 N–H and O–H groups in total. The average Bonchev–Trinajstić information content (AvgIpc) is 2.90. The van der Waals surface area contributed by atoms with Gasteiger partial charge in [0.05, 0.1) is 7.11 Å². The van der Waals surface area contributed by atoms with Gasteiger partial charge in [-0.15, -0.1) is 0 Å². The third kappa shape index (κ3) is 1.47. The summed E-state index contributed by atoms with van der Waals surface area (Å²) in [6, 6.07) is 20.3. The van der Waals surface area contributed by atoms with E-state index in [9.17, 15) is 4.79 Å². The van der Waals surface area contributed by atoms with E-state index >= 15 is 0 Å². The Bertz CT molecular complexity index is 820. The summed E-state index contributed by atoms with van der Waals surface area (Å²) in [4.78, 5) is 12.8. The van der Waals surface area contributed by atoms with E-state index < -0.39 is 16.5 Å². The molecule has 2 aromatic rings. The lowest BCUT2D eigenvalue weighted by molar-refractivity contribution is -0.144. The minimum absolute atomic E-state index is 0.308. The number of benzene rings is 2. The van der Waals surface area contributed by atoms with Gasteiger partial charge < -0.3 is 4.74 Å². The molecule has 4 rings (SSSR count). The molecule has 0 spiro atoms. The zero-order valence-electron chi connectivity index (χ0n) is 15.0. The Kier molecular flexibility index (Phi) is 3.06. The molecule has 25 heavy (non-hydrogen) atoms. The van der Waals surface area contributed by atoms with Gasteiger partial charge in [-0.1, -0.05) is 81.4 Å². The van der Waals surface area contributed by atoms with E-state index in [0.29, 0.717) is 0 Å². The molecular formula is C21H22N2O2. The fraction of sp³-hybridized carbons (Fsp3) is 0.381. The molecule has 0 bridgehead atoms. The van der Waals surface area contributed by atoms with Crippen LogP contribution in [0.2, 0.25) is 0 Å². The van der Waals surface area contributed by atoms with E-state index in [-0.39, 0.29) is 11.4 Å². The third-order valence-corrected chi connectivity index (χ3v) is 6.75. The average molecular weight is 334 g/mol. The zero-order valence-corrected chi connectivity index (χ0v) is 15.0. The summed E-state index contributed by atoms with van der Waals surface area (Å²) in [7, 11) is 1.42. The highest BCUT2D eigenvalue weighted by atomic mass is 16.5. The van der Waals surface area contributed by atoms with Crippen molar-refractivity contribution in [3.63, 3.8) is 0 Å². The lowest BCUT2D eigenvalue weighted by Gasteiger charge is -2.36. The van der Waals surface area contributed by atoms with Crippen molar-refractivity contribution >= 4 is 5.97 Å². The summed E-state index contributed by atoms with van der Waals surface area (Å²) in [5.74, 6) is -0.308. The standard InChI is InChI=1S/C21H22N2O2/c1-18(2)19(3)20(15-11-7-5-8-12-15,16-13-9-6-10-14-16)22-23-21(18,19)17(24)25-4/h5-14H,1-4H3. The highest BCUT2D eigenvalue weighted by molar-refractivity contribution is 5.91. The molecule has 0 amide bonds. The normalized spacial score (nSPS) is 30.6. The topological polar surface area (TPSA) is 51.0 Å². The van der Waals surface area contributed by atoms with E-state index in [2.05, 4.69) is 50.2 Å². The van der Waals surface area contributed by atoms with Crippen molar-refractivity contribution in [2.24, 2.45) is 21.1 Å². The molecule has 0 aromatic heterocycles. The van der Waals surface area contributed by atoms with Gasteiger partial charge >= 0.3 is 5.97 Å². The van der Waals surface area contributed by atoms with Gasteiger partial charge in [0.1, 0.15) is 5.54 Å². The second-order valence-electron chi connectivity index (χ2n) is 7.59. The molecule has 1 heterocycles. The summed E-state index contributed by atoms with van der Waals surface area (Å²) in [6.45, 7) is 6.29. The number of esters is 1. The monoisotopic (exact) mass is 334 g/mol. The van der Waals surface area contributed by atoms with Crippen LogP contribution in [0.4, 0.5) is 0 Å². The van der Waals surface area contributed by atoms with Gasteiger partial charge in [-0.05, 0) is 11.1 Å². The van der Waals surface area contributed by atoms with Crippen LogP contribution in [0.3, 0.4) is 0 Å². The molecule has 1 aliphatic heterocycles. The maximum atomic E-state index is 12.8. The number of azo groups is 1. The Morgan fingerprint density at radius 3 is 1.72 bits per heavy atom. The first-order valence-electron chi connectivity index (χ1n) is 8.54. The van der Waals surface area contributed by atoms with Crippen LogP contribution in [-0.4, -0.2) is 18.6 Å². The number of rotatable bonds is 3. The lowest BCUT2D eigenvalue weighted by Crippen LogP contribution is -2.38. The summed E-state index contributed by atoms with van der Waals surface area (Å²) in [5.41, 5.74) is -0.468. The predicted octanol–water partition coefficient (Wildman–Crippen LogP) is 4.35. The van der Waals surface area contributed by atoms with Gasteiger partial charge in [0, 0.05) is 10.8 Å². The molecule has 128 valence electrons. The van der Waals surface area contributed by atoms with E-state index in [1.165, 1.54) is 7.11 Å². The van der Waals surface area contributed by atoms with Gasteiger partial charge in [0.15, 0.2) is 5.54 Å². The number of nitrogens with zero attached hydrogens (tertiary/aromatic N) is 2. The van der Waals surface area contributed by atoms with Crippen molar-refractivity contribution in [2.75, 3.05) is 7.11 Å². The van der Waals surface area contributed by atoms with Gasteiger partial charge in [0.25, 0.3) is 0 Å². The van der Waals surface area contributed by atoms with Crippen LogP contribution < -0.4 is 0 Å². The predicted molar refractivity (Wildman–Crippen MR) is 95.2 cm³/mol. The van der Waals surface area contributed by atoms with Crippen LogP contribution in [0.25, 0.3) is 0 Å². The smallest absolute Gasteiger partial charge is 0.337 e. The quantitative estimate of drug-likeness (QED) is 0.783. The second kappa shape index (κ2) is 4.78. The number of fused-ring (bicyclic) bond motifs is 1. The summed E-state index contributed by atoms with van der Waals surface area (Å²) >= 11 is 0.